The molecule has 1 heterocycles. The highest BCUT2D eigenvalue weighted by Crippen LogP contribution is 2.13. The molecule has 1 saturated heterocycles. The SMILES string of the molecule is CC(C)(C)OC(=O)CNSN1CCOC1=O. The summed E-state index contributed by atoms with van der Waals surface area (Å²) in [5.74, 6) is -0.354. The Bertz CT molecular complexity index is 277. The van der Waals surface area contributed by atoms with Gasteiger partial charge in [0.2, 0.25) is 0 Å². The number of nitrogens with one attached hydrogen (secondary N) is 1. The van der Waals surface area contributed by atoms with Gasteiger partial charge in [-0.15, -0.1) is 0 Å². The molecule has 0 radical (unpaired) electrons. The minimum atomic E-state index is -0.490. The number of rotatable bonds is 4. The Morgan fingerprint density at radius 3 is 2.81 bits per heavy atom. The molecule has 0 unspecified atom stereocenters. The molecule has 1 rings (SSSR count). The molecule has 0 spiro atoms. The molecule has 0 bridgehead atoms. The third-order valence-electron chi connectivity index (χ3n) is 1.53. The van der Waals surface area contributed by atoms with E-state index in [2.05, 4.69) is 4.72 Å². The van der Waals surface area contributed by atoms with Crippen LogP contribution in [0.15, 0.2) is 0 Å². The van der Waals surface area contributed by atoms with E-state index in [0.29, 0.717) is 13.2 Å². The second-order valence-electron chi connectivity index (χ2n) is 4.22. The van der Waals surface area contributed by atoms with Gasteiger partial charge in [-0.3, -0.25) is 4.79 Å². The second-order valence-corrected chi connectivity index (χ2v) is 5.13. The molecular formula is C9H16N2O4S. The Kier molecular flexibility index (Phi) is 4.43. The first-order valence-corrected chi connectivity index (χ1v) is 5.72. The lowest BCUT2D eigenvalue weighted by molar-refractivity contribution is -0.153. The van der Waals surface area contributed by atoms with Gasteiger partial charge >= 0.3 is 12.1 Å². The number of carbonyl (C=O) groups is 2. The van der Waals surface area contributed by atoms with Crippen molar-refractivity contribution in [3.05, 3.63) is 0 Å². The molecule has 0 aromatic rings. The van der Waals surface area contributed by atoms with Crippen molar-refractivity contribution in [1.29, 1.82) is 0 Å². The minimum Gasteiger partial charge on any atom is -0.459 e. The molecule has 7 heteroatoms. The predicted molar refractivity (Wildman–Crippen MR) is 59.5 cm³/mol. The Labute approximate surface area is 98.9 Å². The van der Waals surface area contributed by atoms with Crippen LogP contribution in [0.2, 0.25) is 0 Å². The van der Waals surface area contributed by atoms with Gasteiger partial charge in [0.05, 0.1) is 6.54 Å². The van der Waals surface area contributed by atoms with Crippen LogP contribution in [-0.4, -0.2) is 41.7 Å². The van der Waals surface area contributed by atoms with Crippen LogP contribution in [-0.2, 0) is 14.3 Å². The van der Waals surface area contributed by atoms with Crippen molar-refractivity contribution in [3.63, 3.8) is 0 Å². The van der Waals surface area contributed by atoms with E-state index in [9.17, 15) is 9.59 Å². The smallest absolute Gasteiger partial charge is 0.421 e. The predicted octanol–water partition coefficient (Wildman–Crippen LogP) is 0.933. The normalized spacial score (nSPS) is 16.2. The summed E-state index contributed by atoms with van der Waals surface area (Å²) in [7, 11) is 0. The van der Waals surface area contributed by atoms with E-state index in [1.165, 1.54) is 4.31 Å². The Balaban J connectivity index is 2.15. The Morgan fingerprint density at radius 1 is 1.62 bits per heavy atom. The van der Waals surface area contributed by atoms with Gasteiger partial charge in [0.15, 0.2) is 0 Å². The van der Waals surface area contributed by atoms with Crippen LogP contribution in [0.4, 0.5) is 4.79 Å². The zero-order valence-electron chi connectivity index (χ0n) is 9.61. The standard InChI is InChI=1S/C9H16N2O4S/c1-9(2,3)15-7(12)6-10-16-11-4-5-14-8(11)13/h10H,4-6H2,1-3H3. The number of carbonyl (C=O) groups excluding carboxylic acids is 2. The Hall–Kier alpha value is -0.950. The molecule has 16 heavy (non-hydrogen) atoms. The van der Waals surface area contributed by atoms with Crippen molar-refractivity contribution in [2.75, 3.05) is 19.7 Å². The van der Waals surface area contributed by atoms with Crippen LogP contribution in [0.5, 0.6) is 0 Å². The molecule has 0 aliphatic carbocycles. The second kappa shape index (κ2) is 5.40. The molecular weight excluding hydrogens is 232 g/mol. The largest absolute Gasteiger partial charge is 0.459 e. The summed E-state index contributed by atoms with van der Waals surface area (Å²) in [6, 6.07) is 0. The zero-order valence-corrected chi connectivity index (χ0v) is 10.4. The first-order chi connectivity index (χ1) is 7.38. The average Bonchev–Trinajstić information content (AvgIpc) is 2.48. The maximum atomic E-state index is 11.3. The molecule has 0 aromatic carbocycles. The first kappa shape index (κ1) is 13.1. The van der Waals surface area contributed by atoms with Crippen molar-refractivity contribution >= 4 is 24.2 Å². The zero-order chi connectivity index (χ0) is 12.2. The van der Waals surface area contributed by atoms with Gasteiger partial charge in [-0.25, -0.2) is 13.8 Å². The number of esters is 1. The minimum absolute atomic E-state index is 0.0473. The summed E-state index contributed by atoms with van der Waals surface area (Å²) >= 11 is 1.05. The molecule has 1 N–H and O–H groups in total. The number of nitrogens with zero attached hydrogens (tertiary/aromatic N) is 1. The summed E-state index contributed by atoms with van der Waals surface area (Å²) in [5.41, 5.74) is -0.490. The van der Waals surface area contributed by atoms with E-state index in [1.807, 2.05) is 0 Å². The van der Waals surface area contributed by atoms with Gasteiger partial charge in [0, 0.05) is 12.1 Å². The molecule has 1 fully saturated rings. The van der Waals surface area contributed by atoms with Crippen LogP contribution in [0, 0.1) is 0 Å². The highest BCUT2D eigenvalue weighted by molar-refractivity contribution is 7.95. The van der Waals surface area contributed by atoms with Crippen LogP contribution in [0.3, 0.4) is 0 Å². The molecule has 6 nitrogen and oxygen atoms in total. The average molecular weight is 248 g/mol. The molecule has 0 atom stereocenters. The summed E-state index contributed by atoms with van der Waals surface area (Å²) in [4.78, 5) is 22.3. The quantitative estimate of drug-likeness (QED) is 0.589. The van der Waals surface area contributed by atoms with E-state index in [-0.39, 0.29) is 18.6 Å². The Morgan fingerprint density at radius 2 is 2.31 bits per heavy atom. The lowest BCUT2D eigenvalue weighted by Gasteiger charge is -2.19. The molecule has 1 aliphatic heterocycles. The van der Waals surface area contributed by atoms with Crippen molar-refractivity contribution in [2.45, 2.75) is 26.4 Å². The van der Waals surface area contributed by atoms with Gasteiger partial charge in [0.25, 0.3) is 0 Å². The number of amides is 1. The van der Waals surface area contributed by atoms with Gasteiger partial charge in [-0.2, -0.15) is 0 Å². The number of cyclic esters (lactones) is 1. The summed E-state index contributed by atoms with van der Waals surface area (Å²) in [5, 5.41) is 0. The molecule has 1 aliphatic rings. The van der Waals surface area contributed by atoms with Gasteiger partial charge in [0.1, 0.15) is 18.8 Å². The van der Waals surface area contributed by atoms with Crippen molar-refractivity contribution in [1.82, 2.24) is 9.03 Å². The van der Waals surface area contributed by atoms with E-state index in [0.717, 1.165) is 12.1 Å². The maximum absolute atomic E-state index is 11.3. The summed E-state index contributed by atoms with van der Waals surface area (Å²) < 4.78 is 13.9. The van der Waals surface area contributed by atoms with E-state index >= 15 is 0 Å². The summed E-state index contributed by atoms with van der Waals surface area (Å²) in [6.45, 7) is 6.36. The lowest BCUT2D eigenvalue weighted by atomic mass is 10.2. The van der Waals surface area contributed by atoms with Crippen molar-refractivity contribution < 1.29 is 19.1 Å². The number of ether oxygens (including phenoxy) is 2. The van der Waals surface area contributed by atoms with Crippen LogP contribution in [0.1, 0.15) is 20.8 Å². The molecule has 1 amide bonds. The first-order valence-electron chi connectivity index (χ1n) is 4.94. The van der Waals surface area contributed by atoms with Gasteiger partial charge in [-0.1, -0.05) is 0 Å². The fraction of sp³-hybridized carbons (Fsp3) is 0.778. The topological polar surface area (TPSA) is 67.9 Å². The van der Waals surface area contributed by atoms with Gasteiger partial charge in [-0.05, 0) is 20.8 Å². The third kappa shape index (κ3) is 4.71. The van der Waals surface area contributed by atoms with Crippen molar-refractivity contribution in [3.8, 4) is 0 Å². The van der Waals surface area contributed by atoms with Crippen LogP contribution in [0.25, 0.3) is 0 Å². The van der Waals surface area contributed by atoms with Crippen molar-refractivity contribution in [2.24, 2.45) is 0 Å². The highest BCUT2D eigenvalue weighted by atomic mass is 32.2. The summed E-state index contributed by atoms with van der Waals surface area (Å²) in [6.07, 6.45) is -0.387. The van der Waals surface area contributed by atoms with E-state index in [1.54, 1.807) is 20.8 Å². The van der Waals surface area contributed by atoms with Crippen LogP contribution >= 0.6 is 12.1 Å². The number of hydrogen-bond acceptors (Lipinski definition) is 6. The highest BCUT2D eigenvalue weighted by Gasteiger charge is 2.23. The maximum Gasteiger partial charge on any atom is 0.421 e. The molecule has 0 aromatic heterocycles. The molecule has 0 saturated carbocycles. The third-order valence-corrected chi connectivity index (χ3v) is 2.36. The fourth-order valence-electron chi connectivity index (χ4n) is 1.01. The fourth-order valence-corrected chi connectivity index (χ4v) is 1.64. The van der Waals surface area contributed by atoms with Crippen LogP contribution < -0.4 is 4.72 Å². The van der Waals surface area contributed by atoms with E-state index in [4.69, 9.17) is 9.47 Å². The van der Waals surface area contributed by atoms with Gasteiger partial charge < -0.3 is 9.47 Å². The van der Waals surface area contributed by atoms with E-state index < -0.39 is 5.60 Å². The number of hydrogen-bond donors (Lipinski definition) is 1. The lowest BCUT2D eigenvalue weighted by Crippen LogP contribution is -2.31. The monoisotopic (exact) mass is 248 g/mol. The molecule has 92 valence electrons.